The minimum Gasteiger partial charge on any atom is -0.469 e. The van der Waals surface area contributed by atoms with Crippen LogP contribution < -0.4 is 0 Å². The third-order valence-electron chi connectivity index (χ3n) is 10.1. The lowest BCUT2D eigenvalue weighted by molar-refractivity contribution is -0.163. The molecule has 1 spiro atoms. The topological polar surface area (TPSA) is 71.1 Å². The van der Waals surface area contributed by atoms with Gasteiger partial charge in [-0.2, -0.15) is 0 Å². The van der Waals surface area contributed by atoms with Crippen molar-refractivity contribution in [3.63, 3.8) is 0 Å². The van der Waals surface area contributed by atoms with E-state index < -0.39 is 27.7 Å². The highest BCUT2D eigenvalue weighted by Gasteiger charge is 2.83. The maximum absolute atomic E-state index is 13.6. The van der Waals surface area contributed by atoms with Crippen LogP contribution in [-0.2, 0) is 27.9 Å². The summed E-state index contributed by atoms with van der Waals surface area (Å²) in [5.74, 6) is 0.482. The summed E-state index contributed by atoms with van der Waals surface area (Å²) in [6.45, 7) is 16.1. The van der Waals surface area contributed by atoms with E-state index in [-0.39, 0.29) is 41.2 Å². The molecule has 4 aliphatic carbocycles. The summed E-state index contributed by atoms with van der Waals surface area (Å²) >= 11 is 0. The first-order valence-electron chi connectivity index (χ1n) is 13.3. The largest absolute Gasteiger partial charge is 0.469 e. The fourth-order valence-corrected chi connectivity index (χ4v) is 11.1. The summed E-state index contributed by atoms with van der Waals surface area (Å²) < 4.78 is 25.0. The van der Waals surface area contributed by atoms with Gasteiger partial charge in [-0.1, -0.05) is 0 Å². The quantitative estimate of drug-likeness (QED) is 0.372. The van der Waals surface area contributed by atoms with Crippen LogP contribution in [0.25, 0.3) is 0 Å². The lowest BCUT2D eigenvalue weighted by Crippen LogP contribution is -2.56. The second-order valence-electron chi connectivity index (χ2n) is 14.1. The van der Waals surface area contributed by atoms with Gasteiger partial charge in [-0.15, -0.1) is 0 Å². The Morgan fingerprint density at radius 3 is 2.38 bits per heavy atom. The highest BCUT2D eigenvalue weighted by Crippen LogP contribution is 2.78. The molecule has 0 amide bonds. The second kappa shape index (κ2) is 7.65. The van der Waals surface area contributed by atoms with E-state index in [2.05, 4.69) is 39.3 Å². The van der Waals surface area contributed by atoms with Gasteiger partial charge in [-0.25, -0.2) is 0 Å². The molecular weight excluding hydrogens is 464 g/mol. The Morgan fingerprint density at radius 1 is 1.06 bits per heavy atom. The molecule has 5 aliphatic rings. The van der Waals surface area contributed by atoms with Gasteiger partial charge in [0, 0.05) is 18.4 Å². The zero-order chi connectivity index (χ0) is 24.9. The van der Waals surface area contributed by atoms with Crippen molar-refractivity contribution in [2.45, 2.75) is 96.4 Å². The fourth-order valence-electron chi connectivity index (χ4n) is 9.14. The van der Waals surface area contributed by atoms with Crippen LogP contribution in [0.1, 0.15) is 45.4 Å². The average molecular weight is 509 g/mol. The Hall–Kier alpha value is -0.706. The second-order valence-corrected chi connectivity index (χ2v) is 23.1. The predicted molar refractivity (Wildman–Crippen MR) is 134 cm³/mol. The molecule has 0 aromatic heterocycles. The monoisotopic (exact) mass is 508 g/mol. The minimum atomic E-state index is -1.90. The number of ether oxygens (including phenoxy) is 2. The van der Waals surface area contributed by atoms with Crippen molar-refractivity contribution in [2.75, 3.05) is 13.7 Å². The van der Waals surface area contributed by atoms with E-state index in [1.807, 2.05) is 6.92 Å². The van der Waals surface area contributed by atoms with Gasteiger partial charge in [0.25, 0.3) is 0 Å². The lowest BCUT2D eigenvalue weighted by Gasteiger charge is -2.47. The van der Waals surface area contributed by atoms with Crippen molar-refractivity contribution < 1.29 is 27.9 Å². The highest BCUT2D eigenvalue weighted by atomic mass is 28.4. The molecule has 4 bridgehead atoms. The maximum Gasteiger partial charge on any atom is 0.315 e. The SMILES string of the molecule is COC(=O)[C@H]1[C@@H]2C3(C)C(=O)O[C@]2(CC[C@@H]3O[Si](C)(C)C)[C@@H]2CCC3C[C@@]21C[C@@H]3CO[Si](C)(C)C. The van der Waals surface area contributed by atoms with E-state index in [4.69, 9.17) is 18.3 Å². The van der Waals surface area contributed by atoms with E-state index >= 15 is 0 Å². The summed E-state index contributed by atoms with van der Waals surface area (Å²) in [6, 6.07) is 0. The van der Waals surface area contributed by atoms with Crippen LogP contribution in [-0.4, -0.2) is 54.0 Å². The van der Waals surface area contributed by atoms with Gasteiger partial charge in [0.15, 0.2) is 16.6 Å². The molecule has 4 saturated carbocycles. The molecule has 0 N–H and O–H groups in total. The molecule has 8 heteroatoms. The first-order valence-corrected chi connectivity index (χ1v) is 20.1. The van der Waals surface area contributed by atoms with Gasteiger partial charge in [-0.3, -0.25) is 9.59 Å². The molecule has 9 atom stereocenters. The third-order valence-corrected chi connectivity index (χ3v) is 12.1. The van der Waals surface area contributed by atoms with Crippen LogP contribution in [0.5, 0.6) is 0 Å². The van der Waals surface area contributed by atoms with Crippen molar-refractivity contribution in [3.05, 3.63) is 0 Å². The summed E-state index contributed by atoms with van der Waals surface area (Å²) in [5.41, 5.74) is -1.51. The first-order chi connectivity index (χ1) is 15.7. The molecule has 5 fully saturated rings. The Balaban J connectivity index is 1.57. The van der Waals surface area contributed by atoms with Gasteiger partial charge in [-0.05, 0) is 102 Å². The molecule has 0 aromatic carbocycles. The molecule has 1 saturated heterocycles. The first kappa shape index (κ1) is 25.0. The third kappa shape index (κ3) is 3.37. The molecule has 1 heterocycles. The van der Waals surface area contributed by atoms with E-state index in [0.717, 1.165) is 45.1 Å². The van der Waals surface area contributed by atoms with Gasteiger partial charge in [0.2, 0.25) is 0 Å². The number of hydrogen-bond donors (Lipinski definition) is 0. The van der Waals surface area contributed by atoms with E-state index in [0.29, 0.717) is 11.8 Å². The molecule has 5 rings (SSSR count). The molecular formula is C26H44O6Si2. The molecule has 192 valence electrons. The van der Waals surface area contributed by atoms with Crippen LogP contribution >= 0.6 is 0 Å². The van der Waals surface area contributed by atoms with Crippen LogP contribution in [0.15, 0.2) is 0 Å². The number of methoxy groups -OCH3 is 1. The highest BCUT2D eigenvalue weighted by molar-refractivity contribution is 6.70. The Morgan fingerprint density at radius 2 is 1.76 bits per heavy atom. The Kier molecular flexibility index (Phi) is 5.62. The molecule has 6 nitrogen and oxygen atoms in total. The van der Waals surface area contributed by atoms with Crippen molar-refractivity contribution in [3.8, 4) is 0 Å². The summed E-state index contributed by atoms with van der Waals surface area (Å²) in [4.78, 5) is 27.3. The van der Waals surface area contributed by atoms with Crippen molar-refractivity contribution in [2.24, 2.45) is 40.4 Å². The number of hydrogen-bond acceptors (Lipinski definition) is 6. The van der Waals surface area contributed by atoms with Crippen LogP contribution in [0.4, 0.5) is 0 Å². The molecule has 2 unspecified atom stereocenters. The molecule has 0 radical (unpaired) electrons. The number of esters is 2. The van der Waals surface area contributed by atoms with Gasteiger partial charge >= 0.3 is 11.9 Å². The summed E-state index contributed by atoms with van der Waals surface area (Å²) in [5, 5.41) is 0. The van der Waals surface area contributed by atoms with Crippen LogP contribution in [0.2, 0.25) is 39.3 Å². The van der Waals surface area contributed by atoms with Crippen molar-refractivity contribution >= 4 is 28.6 Å². The van der Waals surface area contributed by atoms with Crippen LogP contribution in [0, 0.1) is 40.4 Å². The standard InChI is InChI=1S/C26H44O6Si2/c1-24-19(32-34(6,7)8)11-12-26(31-23(24)28)18-10-9-16-13-25(18,20(21(24)26)22(27)29-2)14-17(16)15-30-33(3,4)5/h16-21H,9-15H2,1-8H3/t16?,17-,18-,19+,20-,21-,24?,25-,26-/m1/s1. The van der Waals surface area contributed by atoms with E-state index in [9.17, 15) is 9.59 Å². The van der Waals surface area contributed by atoms with Gasteiger partial charge in [0.05, 0.1) is 24.5 Å². The van der Waals surface area contributed by atoms with E-state index in [1.165, 1.54) is 7.11 Å². The summed E-state index contributed by atoms with van der Waals surface area (Å²) in [7, 11) is -2.01. The maximum atomic E-state index is 13.6. The zero-order valence-electron chi connectivity index (χ0n) is 22.4. The normalized spacial score (nSPS) is 47.2. The molecule has 0 aromatic rings. The summed E-state index contributed by atoms with van der Waals surface area (Å²) in [6.07, 6.45) is 5.61. The molecule has 1 aliphatic heterocycles. The van der Waals surface area contributed by atoms with Crippen LogP contribution in [0.3, 0.4) is 0 Å². The van der Waals surface area contributed by atoms with Crippen molar-refractivity contribution in [1.82, 2.24) is 0 Å². The molecule has 34 heavy (non-hydrogen) atoms. The Bertz CT molecular complexity index is 879. The Labute approximate surface area is 207 Å². The minimum absolute atomic E-state index is 0.150. The number of carbonyl (C=O) groups excluding carboxylic acids is 2. The van der Waals surface area contributed by atoms with Crippen molar-refractivity contribution in [1.29, 1.82) is 0 Å². The number of fused-ring (bicyclic) bond motifs is 1. The number of rotatable bonds is 6. The van der Waals surface area contributed by atoms with E-state index in [1.54, 1.807) is 0 Å². The van der Waals surface area contributed by atoms with Gasteiger partial charge in [0.1, 0.15) is 5.60 Å². The lowest BCUT2D eigenvalue weighted by atomic mass is 9.59. The fraction of sp³-hybridized carbons (Fsp3) is 0.923. The predicted octanol–water partition coefficient (Wildman–Crippen LogP) is 5.00. The smallest absolute Gasteiger partial charge is 0.315 e. The average Bonchev–Trinajstić information content (AvgIpc) is 3.20. The zero-order valence-corrected chi connectivity index (χ0v) is 24.4. The number of carbonyl (C=O) groups is 2. The van der Waals surface area contributed by atoms with Gasteiger partial charge < -0.3 is 18.3 Å².